The number of H-pyrrole nitrogens is 1. The molecule has 2 aromatic carbocycles. The maximum atomic E-state index is 6.65. The van der Waals surface area contributed by atoms with Gasteiger partial charge in [0.25, 0.3) is 0 Å². The van der Waals surface area contributed by atoms with Crippen LogP contribution < -0.4 is 10.1 Å². The summed E-state index contributed by atoms with van der Waals surface area (Å²) in [6, 6.07) is 13.9. The monoisotopic (exact) mass is 506 g/mol. The normalized spacial score (nSPS) is 14.5. The van der Waals surface area contributed by atoms with Crippen LogP contribution in [0.1, 0.15) is 0 Å². The highest BCUT2D eigenvalue weighted by atomic mass is 35.5. The second kappa shape index (κ2) is 9.79. The van der Waals surface area contributed by atoms with Gasteiger partial charge in [-0.1, -0.05) is 23.7 Å². The maximum absolute atomic E-state index is 6.65. The number of halogens is 1. The van der Waals surface area contributed by atoms with Crippen molar-refractivity contribution in [2.45, 2.75) is 0 Å². The Hall–Kier alpha value is -3.24. The molecule has 5 aromatic rings. The van der Waals surface area contributed by atoms with Gasteiger partial charge in [-0.3, -0.25) is 10.00 Å². The number of fused-ring (bicyclic) bond motifs is 3. The number of ether oxygens (including phenoxy) is 2. The predicted molar refractivity (Wildman–Crippen MR) is 140 cm³/mol. The molecule has 10 heteroatoms. The summed E-state index contributed by atoms with van der Waals surface area (Å²) in [5, 5.41) is 15.2. The van der Waals surface area contributed by atoms with E-state index >= 15 is 0 Å². The molecule has 0 amide bonds. The molecule has 1 aliphatic heterocycles. The summed E-state index contributed by atoms with van der Waals surface area (Å²) in [7, 11) is 0. The van der Waals surface area contributed by atoms with E-state index in [4.69, 9.17) is 26.1 Å². The van der Waals surface area contributed by atoms with Crippen molar-refractivity contribution in [2.75, 3.05) is 44.8 Å². The molecule has 178 valence electrons. The van der Waals surface area contributed by atoms with Crippen LogP contribution in [-0.4, -0.2) is 64.5 Å². The Balaban J connectivity index is 1.27. The molecule has 4 heterocycles. The molecule has 1 fully saturated rings. The number of nitrogens with one attached hydrogen (secondary N) is 2. The Morgan fingerprint density at radius 2 is 2.06 bits per heavy atom. The van der Waals surface area contributed by atoms with E-state index in [-0.39, 0.29) is 0 Å². The summed E-state index contributed by atoms with van der Waals surface area (Å²) in [6.07, 6.45) is 1.50. The van der Waals surface area contributed by atoms with Gasteiger partial charge >= 0.3 is 0 Å². The van der Waals surface area contributed by atoms with Gasteiger partial charge in [-0.05, 0) is 29.6 Å². The topological polar surface area (TPSA) is 88.2 Å². The van der Waals surface area contributed by atoms with Gasteiger partial charge in [0.15, 0.2) is 5.82 Å². The van der Waals surface area contributed by atoms with E-state index < -0.39 is 0 Å². The van der Waals surface area contributed by atoms with Gasteiger partial charge in [0.2, 0.25) is 0 Å². The highest BCUT2D eigenvalue weighted by Crippen LogP contribution is 2.39. The van der Waals surface area contributed by atoms with Crippen LogP contribution in [-0.2, 0) is 4.74 Å². The number of aromatic amines is 1. The van der Waals surface area contributed by atoms with Gasteiger partial charge < -0.3 is 14.8 Å². The predicted octanol–water partition coefficient (Wildman–Crippen LogP) is 5.34. The molecule has 3 aromatic heterocycles. The molecule has 35 heavy (non-hydrogen) atoms. The zero-order valence-corrected chi connectivity index (χ0v) is 20.4. The molecule has 0 aliphatic carbocycles. The van der Waals surface area contributed by atoms with Crippen LogP contribution in [0, 0.1) is 0 Å². The Kier molecular flexibility index (Phi) is 6.22. The summed E-state index contributed by atoms with van der Waals surface area (Å²) in [5.74, 6) is 2.17. The van der Waals surface area contributed by atoms with E-state index in [2.05, 4.69) is 42.9 Å². The summed E-state index contributed by atoms with van der Waals surface area (Å²) in [6.45, 7) is 4.93. The van der Waals surface area contributed by atoms with Gasteiger partial charge in [-0.25, -0.2) is 9.97 Å². The summed E-state index contributed by atoms with van der Waals surface area (Å²) < 4.78 is 12.4. The maximum Gasteiger partial charge on any atom is 0.157 e. The fourth-order valence-electron chi connectivity index (χ4n) is 4.29. The number of hydrogen-bond acceptors (Lipinski definition) is 8. The first-order valence-corrected chi connectivity index (χ1v) is 12.7. The molecule has 8 nitrogen and oxygen atoms in total. The molecule has 1 saturated heterocycles. The minimum absolute atomic E-state index is 0.573. The van der Waals surface area contributed by atoms with Crippen LogP contribution in [0.4, 0.5) is 11.5 Å². The van der Waals surface area contributed by atoms with Crippen molar-refractivity contribution in [1.29, 1.82) is 0 Å². The molecule has 2 N–H and O–H groups in total. The number of benzene rings is 2. The molecule has 6 rings (SSSR count). The quantitative estimate of drug-likeness (QED) is 0.308. The van der Waals surface area contributed by atoms with Crippen LogP contribution in [0.25, 0.3) is 32.4 Å². The Morgan fingerprint density at radius 1 is 1.14 bits per heavy atom. The lowest BCUT2D eigenvalue weighted by atomic mass is 10.1. The van der Waals surface area contributed by atoms with Crippen LogP contribution in [0.5, 0.6) is 5.75 Å². The van der Waals surface area contributed by atoms with Gasteiger partial charge in [0.1, 0.15) is 24.5 Å². The number of pyridine rings is 1. The van der Waals surface area contributed by atoms with E-state index in [9.17, 15) is 0 Å². The van der Waals surface area contributed by atoms with Crippen LogP contribution >= 0.6 is 22.9 Å². The number of hydrogen-bond donors (Lipinski definition) is 2. The number of thiophene rings is 1. The van der Waals surface area contributed by atoms with E-state index in [1.54, 1.807) is 11.3 Å². The standard InChI is InChI=1S/C25H23ClN6O2S/c26-20-14-16(34-12-9-32-7-10-33-11-8-32)4-5-21(20)29-25-23-18(6-13-35-23)17-2-1-3-19(22(17)30-25)24-27-15-28-31-24/h1-6,13-15H,7-12H2,(H,29,30)(H,27,28,31). The number of rotatable bonds is 7. The summed E-state index contributed by atoms with van der Waals surface area (Å²) >= 11 is 8.29. The second-order valence-electron chi connectivity index (χ2n) is 8.23. The highest BCUT2D eigenvalue weighted by molar-refractivity contribution is 7.18. The number of morpholine rings is 1. The third-order valence-corrected chi connectivity index (χ3v) is 7.31. The molecule has 1 aliphatic rings. The zero-order chi connectivity index (χ0) is 23.6. The lowest BCUT2D eigenvalue weighted by Crippen LogP contribution is -2.38. The number of anilines is 2. The molecule has 0 atom stereocenters. The molecule has 0 radical (unpaired) electrons. The van der Waals surface area contributed by atoms with E-state index in [0.29, 0.717) is 17.5 Å². The van der Waals surface area contributed by atoms with E-state index in [0.717, 1.165) is 76.7 Å². The van der Waals surface area contributed by atoms with E-state index in [1.165, 1.54) is 6.33 Å². The molecule has 0 bridgehead atoms. The van der Waals surface area contributed by atoms with Crippen molar-refractivity contribution in [3.8, 4) is 17.1 Å². The van der Waals surface area contributed by atoms with Crippen molar-refractivity contribution in [2.24, 2.45) is 0 Å². The van der Waals surface area contributed by atoms with Crippen molar-refractivity contribution >= 4 is 55.4 Å². The third kappa shape index (κ3) is 4.55. The number of aromatic nitrogens is 4. The zero-order valence-electron chi connectivity index (χ0n) is 18.8. The first kappa shape index (κ1) is 22.2. The minimum atomic E-state index is 0.573. The average Bonchev–Trinajstić information content (AvgIpc) is 3.59. The molecule has 0 spiro atoms. The summed E-state index contributed by atoms with van der Waals surface area (Å²) in [4.78, 5) is 11.7. The van der Waals surface area contributed by atoms with E-state index in [1.807, 2.05) is 30.3 Å². The van der Waals surface area contributed by atoms with Gasteiger partial charge in [-0.2, -0.15) is 5.10 Å². The Bertz CT molecular complexity index is 1470. The Labute approximate surface area is 210 Å². The fraction of sp³-hybridized carbons (Fsp3) is 0.240. The Morgan fingerprint density at radius 3 is 2.89 bits per heavy atom. The van der Waals surface area contributed by atoms with Crippen molar-refractivity contribution in [1.82, 2.24) is 25.1 Å². The van der Waals surface area contributed by atoms with Crippen LogP contribution in [0.3, 0.4) is 0 Å². The fourth-order valence-corrected chi connectivity index (χ4v) is 5.36. The van der Waals surface area contributed by atoms with Gasteiger partial charge in [0.05, 0.1) is 34.1 Å². The largest absolute Gasteiger partial charge is 0.492 e. The number of nitrogens with zero attached hydrogens (tertiary/aromatic N) is 4. The molecular formula is C25H23ClN6O2S. The van der Waals surface area contributed by atoms with Crippen molar-refractivity contribution in [3.63, 3.8) is 0 Å². The number of para-hydroxylation sites is 1. The van der Waals surface area contributed by atoms with Crippen molar-refractivity contribution < 1.29 is 9.47 Å². The summed E-state index contributed by atoms with van der Waals surface area (Å²) in [5.41, 5.74) is 2.51. The van der Waals surface area contributed by atoms with Gasteiger partial charge in [-0.15, -0.1) is 11.3 Å². The minimum Gasteiger partial charge on any atom is -0.492 e. The van der Waals surface area contributed by atoms with Crippen molar-refractivity contribution in [3.05, 3.63) is 59.2 Å². The molecule has 0 unspecified atom stereocenters. The smallest absolute Gasteiger partial charge is 0.157 e. The first-order chi connectivity index (χ1) is 17.3. The SMILES string of the molecule is Clc1cc(OCCN2CCOCC2)ccc1Nc1nc2c(-c3ncn[nH]3)cccc2c2ccsc12. The highest BCUT2D eigenvalue weighted by Gasteiger charge is 2.16. The lowest BCUT2D eigenvalue weighted by molar-refractivity contribution is 0.0322. The lowest BCUT2D eigenvalue weighted by Gasteiger charge is -2.26. The first-order valence-electron chi connectivity index (χ1n) is 11.4. The molecular weight excluding hydrogens is 484 g/mol. The molecule has 0 saturated carbocycles. The average molecular weight is 507 g/mol. The van der Waals surface area contributed by atoms with Crippen LogP contribution in [0.15, 0.2) is 54.2 Å². The second-order valence-corrected chi connectivity index (χ2v) is 9.55. The van der Waals surface area contributed by atoms with Gasteiger partial charge in [0, 0.05) is 42.0 Å². The third-order valence-electron chi connectivity index (χ3n) is 6.07. The van der Waals surface area contributed by atoms with Crippen LogP contribution in [0.2, 0.25) is 5.02 Å².